The topological polar surface area (TPSA) is 96.9 Å². The maximum atomic E-state index is 12.8. The zero-order valence-electron chi connectivity index (χ0n) is 18.4. The highest BCUT2D eigenvalue weighted by molar-refractivity contribution is 8.15. The number of hydrogen-bond acceptors (Lipinski definition) is 7. The molecule has 34 heavy (non-hydrogen) atoms. The Hall–Kier alpha value is -3.30. The molecule has 5 rings (SSSR count). The molecule has 2 N–H and O–H groups in total. The third kappa shape index (κ3) is 5.10. The van der Waals surface area contributed by atoms with E-state index in [0.29, 0.717) is 22.2 Å². The highest BCUT2D eigenvalue weighted by Gasteiger charge is 2.42. The average Bonchev–Trinajstić information content (AvgIpc) is 3.29. The number of anilines is 2. The molecule has 2 aliphatic rings. The number of aliphatic imine (C=N–C) groups is 1. The van der Waals surface area contributed by atoms with E-state index < -0.39 is 9.84 Å². The Morgan fingerprint density at radius 2 is 1.74 bits per heavy atom. The zero-order valence-corrected chi connectivity index (χ0v) is 20.0. The fourth-order valence-electron chi connectivity index (χ4n) is 3.86. The molecule has 7 nitrogen and oxygen atoms in total. The molecule has 9 heteroatoms. The number of para-hydroxylation sites is 1. The van der Waals surface area contributed by atoms with Crippen molar-refractivity contribution >= 4 is 44.0 Å². The highest BCUT2D eigenvalue weighted by atomic mass is 32.2. The van der Waals surface area contributed by atoms with E-state index in [0.717, 1.165) is 17.0 Å². The van der Waals surface area contributed by atoms with Gasteiger partial charge in [0.15, 0.2) is 15.0 Å². The molecular formula is C25H23N3O4S2. The van der Waals surface area contributed by atoms with Crippen LogP contribution in [0, 0.1) is 6.92 Å². The predicted octanol–water partition coefficient (Wildman–Crippen LogP) is 4.72. The van der Waals surface area contributed by atoms with Crippen LogP contribution in [0.1, 0.15) is 15.9 Å². The van der Waals surface area contributed by atoms with Gasteiger partial charge >= 0.3 is 0 Å². The van der Waals surface area contributed by atoms with Crippen molar-refractivity contribution in [3.63, 3.8) is 0 Å². The second-order valence-electron chi connectivity index (χ2n) is 8.28. The number of sulfone groups is 1. The van der Waals surface area contributed by atoms with Crippen LogP contribution in [0.25, 0.3) is 0 Å². The Kier molecular flexibility index (Phi) is 6.05. The molecule has 1 amide bonds. The summed E-state index contributed by atoms with van der Waals surface area (Å²) in [5.74, 6) is 1.46. The summed E-state index contributed by atoms with van der Waals surface area (Å²) in [7, 11) is -2.99. The Balaban J connectivity index is 1.24. The molecule has 0 saturated carbocycles. The van der Waals surface area contributed by atoms with Gasteiger partial charge in [-0.05, 0) is 61.0 Å². The van der Waals surface area contributed by atoms with Gasteiger partial charge in [0.25, 0.3) is 5.91 Å². The standard InChI is InChI=1S/C25H23N3O4S2/c1-16-7-8-17(13-21(16)27-25-28-22-14-34(30,31)15-23(22)33-25)24(29)26-18-9-11-20(12-10-18)32-19-5-3-2-4-6-19/h2-13,22-23H,14-15H2,1H3,(H,26,29)(H,27,28)/t22-,23+/m0/s1. The SMILES string of the molecule is Cc1ccc(C(=O)Nc2ccc(Oc3ccccc3)cc2)cc1NC1=N[C@H]2CS(=O)(=O)C[C@H]2S1. The van der Waals surface area contributed by atoms with Gasteiger partial charge < -0.3 is 15.4 Å². The van der Waals surface area contributed by atoms with Crippen molar-refractivity contribution in [1.29, 1.82) is 0 Å². The van der Waals surface area contributed by atoms with Crippen LogP contribution in [0.2, 0.25) is 0 Å². The third-order valence-electron chi connectivity index (χ3n) is 5.65. The first-order chi connectivity index (χ1) is 16.3. The van der Waals surface area contributed by atoms with E-state index in [1.165, 1.54) is 11.8 Å². The molecule has 2 atom stereocenters. The van der Waals surface area contributed by atoms with Crippen molar-refractivity contribution in [3.8, 4) is 11.5 Å². The van der Waals surface area contributed by atoms with E-state index in [-0.39, 0.29) is 28.7 Å². The Morgan fingerprint density at radius 3 is 2.47 bits per heavy atom. The Bertz CT molecular complexity index is 1360. The predicted molar refractivity (Wildman–Crippen MR) is 137 cm³/mol. The van der Waals surface area contributed by atoms with Crippen LogP contribution in [0.4, 0.5) is 11.4 Å². The van der Waals surface area contributed by atoms with Gasteiger partial charge in [-0.25, -0.2) is 8.42 Å². The molecular weight excluding hydrogens is 470 g/mol. The summed E-state index contributed by atoms with van der Waals surface area (Å²) >= 11 is 1.45. The summed E-state index contributed by atoms with van der Waals surface area (Å²) in [4.78, 5) is 17.4. The number of aryl methyl sites for hydroxylation is 1. The number of amides is 1. The maximum absolute atomic E-state index is 12.8. The highest BCUT2D eigenvalue weighted by Crippen LogP contribution is 2.35. The summed E-state index contributed by atoms with van der Waals surface area (Å²) in [5, 5.41) is 6.84. The van der Waals surface area contributed by atoms with Crippen molar-refractivity contribution in [1.82, 2.24) is 0 Å². The molecule has 2 heterocycles. The number of fused-ring (bicyclic) bond motifs is 1. The summed E-state index contributed by atoms with van der Waals surface area (Å²) < 4.78 is 29.3. The largest absolute Gasteiger partial charge is 0.457 e. The summed E-state index contributed by atoms with van der Waals surface area (Å²) in [5.41, 5.74) is 2.90. The molecule has 0 aliphatic carbocycles. The average molecular weight is 494 g/mol. The number of benzene rings is 3. The number of nitrogens with one attached hydrogen (secondary N) is 2. The Morgan fingerprint density at radius 1 is 1.00 bits per heavy atom. The van der Waals surface area contributed by atoms with E-state index in [1.54, 1.807) is 36.4 Å². The van der Waals surface area contributed by atoms with Gasteiger partial charge in [-0.15, -0.1) is 0 Å². The number of rotatable bonds is 5. The number of nitrogens with zero attached hydrogens (tertiary/aromatic N) is 1. The molecule has 0 unspecified atom stereocenters. The molecule has 0 bridgehead atoms. The fourth-order valence-corrected chi connectivity index (χ4v) is 7.53. The van der Waals surface area contributed by atoms with Crippen LogP contribution >= 0.6 is 11.8 Å². The number of carbonyl (C=O) groups is 1. The van der Waals surface area contributed by atoms with E-state index in [4.69, 9.17) is 4.74 Å². The third-order valence-corrected chi connectivity index (χ3v) is 8.79. The number of amidine groups is 1. The molecule has 3 aromatic carbocycles. The lowest BCUT2D eigenvalue weighted by molar-refractivity contribution is 0.102. The second kappa shape index (κ2) is 9.15. The first-order valence-corrected chi connectivity index (χ1v) is 13.5. The summed E-state index contributed by atoms with van der Waals surface area (Å²) in [6, 6.07) is 21.9. The van der Waals surface area contributed by atoms with Gasteiger partial charge in [-0.1, -0.05) is 36.0 Å². The minimum atomic E-state index is -2.99. The molecule has 0 spiro atoms. The minimum Gasteiger partial charge on any atom is -0.457 e. The van der Waals surface area contributed by atoms with Crippen molar-refractivity contribution in [2.45, 2.75) is 18.2 Å². The molecule has 0 radical (unpaired) electrons. The first-order valence-electron chi connectivity index (χ1n) is 10.8. The minimum absolute atomic E-state index is 0.0341. The fraction of sp³-hybridized carbons (Fsp3) is 0.200. The molecule has 0 aromatic heterocycles. The van der Waals surface area contributed by atoms with E-state index in [2.05, 4.69) is 15.6 Å². The number of hydrogen-bond donors (Lipinski definition) is 2. The van der Waals surface area contributed by atoms with Gasteiger partial charge in [-0.2, -0.15) is 0 Å². The van der Waals surface area contributed by atoms with E-state index in [9.17, 15) is 13.2 Å². The van der Waals surface area contributed by atoms with E-state index in [1.807, 2.05) is 43.3 Å². The van der Waals surface area contributed by atoms with Gasteiger partial charge in [-0.3, -0.25) is 9.79 Å². The normalized spacial score (nSPS) is 20.3. The van der Waals surface area contributed by atoms with Crippen LogP contribution < -0.4 is 15.4 Å². The molecule has 2 aliphatic heterocycles. The first kappa shape index (κ1) is 22.5. The van der Waals surface area contributed by atoms with Crippen LogP contribution in [-0.2, 0) is 9.84 Å². The van der Waals surface area contributed by atoms with Gasteiger partial charge in [0, 0.05) is 22.2 Å². The van der Waals surface area contributed by atoms with Crippen LogP contribution in [0.15, 0.2) is 77.8 Å². The molecule has 1 saturated heterocycles. The smallest absolute Gasteiger partial charge is 0.255 e. The number of thioether (sulfide) groups is 1. The number of carbonyl (C=O) groups excluding carboxylic acids is 1. The summed E-state index contributed by atoms with van der Waals surface area (Å²) in [6.45, 7) is 1.95. The Labute approximate surface area is 202 Å². The van der Waals surface area contributed by atoms with Crippen molar-refractivity contribution in [2.75, 3.05) is 22.1 Å². The molecule has 1 fully saturated rings. The summed E-state index contributed by atoms with van der Waals surface area (Å²) in [6.07, 6.45) is 0. The molecule has 3 aromatic rings. The van der Waals surface area contributed by atoms with Crippen molar-refractivity contribution in [3.05, 3.63) is 83.9 Å². The lowest BCUT2D eigenvalue weighted by Crippen LogP contribution is -2.14. The lowest BCUT2D eigenvalue weighted by Gasteiger charge is -2.12. The maximum Gasteiger partial charge on any atom is 0.255 e. The van der Waals surface area contributed by atoms with E-state index >= 15 is 0 Å². The molecule has 174 valence electrons. The second-order valence-corrected chi connectivity index (χ2v) is 11.7. The van der Waals surface area contributed by atoms with Gasteiger partial charge in [0.2, 0.25) is 0 Å². The van der Waals surface area contributed by atoms with Gasteiger partial charge in [0.1, 0.15) is 11.5 Å². The number of ether oxygens (including phenoxy) is 1. The van der Waals surface area contributed by atoms with Crippen LogP contribution in [0.3, 0.4) is 0 Å². The lowest BCUT2D eigenvalue weighted by atomic mass is 10.1. The monoisotopic (exact) mass is 493 g/mol. The zero-order chi connectivity index (χ0) is 23.7. The van der Waals surface area contributed by atoms with Crippen molar-refractivity contribution in [2.24, 2.45) is 4.99 Å². The quantitative estimate of drug-likeness (QED) is 0.534. The van der Waals surface area contributed by atoms with Crippen molar-refractivity contribution < 1.29 is 17.9 Å². The van der Waals surface area contributed by atoms with Crippen LogP contribution in [-0.4, -0.2) is 42.3 Å². The van der Waals surface area contributed by atoms with Gasteiger partial charge in [0.05, 0.1) is 17.5 Å². The van der Waals surface area contributed by atoms with Crippen LogP contribution in [0.5, 0.6) is 11.5 Å².